The lowest BCUT2D eigenvalue weighted by Gasteiger charge is -2.19. The van der Waals surface area contributed by atoms with Crippen LogP contribution in [-0.4, -0.2) is 26.9 Å². The second kappa shape index (κ2) is 9.87. The summed E-state index contributed by atoms with van der Waals surface area (Å²) in [6.07, 6.45) is 4.80. The van der Waals surface area contributed by atoms with Crippen molar-refractivity contribution in [1.29, 1.82) is 0 Å². The Hall–Kier alpha value is -3.00. The number of aromatic nitrogens is 2. The van der Waals surface area contributed by atoms with E-state index in [4.69, 9.17) is 14.5 Å². The molecule has 0 bridgehead atoms. The Morgan fingerprint density at radius 3 is 2.65 bits per heavy atom. The Morgan fingerprint density at radius 1 is 1.16 bits per heavy atom. The molecular weight excluding hydrogens is 424 g/mol. The van der Waals surface area contributed by atoms with Crippen LogP contribution in [0.2, 0.25) is 0 Å². The molecule has 1 aromatic heterocycles. The molecule has 0 saturated heterocycles. The van der Waals surface area contributed by atoms with Crippen molar-refractivity contribution in [3.63, 3.8) is 0 Å². The maximum atomic E-state index is 13.7. The molecule has 1 atom stereocenters. The molecule has 10 heteroatoms. The summed E-state index contributed by atoms with van der Waals surface area (Å²) in [5.74, 6) is 0.264. The normalized spacial score (nSPS) is 12.3. The standard InChI is InChI=1S/C21H23FN3O5P/c1-3-5-17(14-6-4-7-16(22)10-14)24-21-13-23-12-18(25-21)15-8-9-19(20(11-15)29-2)30-31(26,27)28/h4,6-13,17H,3,5H2,1-2H3,(H,24,25)(H2,26,27,28)/t17-/m0/s1. The Labute approximate surface area is 179 Å². The molecule has 0 aliphatic heterocycles. The summed E-state index contributed by atoms with van der Waals surface area (Å²) in [7, 11) is -3.36. The predicted octanol–water partition coefficient (Wildman–Crippen LogP) is 4.72. The van der Waals surface area contributed by atoms with Crippen molar-refractivity contribution >= 4 is 13.6 Å². The number of hydrogen-bond donors (Lipinski definition) is 3. The van der Waals surface area contributed by atoms with E-state index in [1.165, 1.54) is 25.3 Å². The average Bonchev–Trinajstić information content (AvgIpc) is 2.73. The predicted molar refractivity (Wildman–Crippen MR) is 114 cm³/mol. The van der Waals surface area contributed by atoms with Crippen molar-refractivity contribution in [3.8, 4) is 22.8 Å². The minimum absolute atomic E-state index is 0.0871. The number of nitrogens with zero attached hydrogens (tertiary/aromatic N) is 2. The topological polar surface area (TPSA) is 114 Å². The van der Waals surface area contributed by atoms with Gasteiger partial charge in [0.05, 0.1) is 31.2 Å². The number of ether oxygens (including phenoxy) is 1. The number of anilines is 1. The van der Waals surface area contributed by atoms with E-state index in [9.17, 15) is 8.96 Å². The maximum Gasteiger partial charge on any atom is 0.524 e. The van der Waals surface area contributed by atoms with Crippen molar-refractivity contribution in [2.75, 3.05) is 12.4 Å². The van der Waals surface area contributed by atoms with E-state index in [1.807, 2.05) is 13.0 Å². The van der Waals surface area contributed by atoms with Crippen LogP contribution in [-0.2, 0) is 4.57 Å². The van der Waals surface area contributed by atoms with Gasteiger partial charge in [-0.15, -0.1) is 0 Å². The molecule has 0 saturated carbocycles. The van der Waals surface area contributed by atoms with Gasteiger partial charge in [0.25, 0.3) is 0 Å². The van der Waals surface area contributed by atoms with Crippen molar-refractivity contribution in [2.24, 2.45) is 0 Å². The first-order chi connectivity index (χ1) is 14.8. The highest BCUT2D eigenvalue weighted by atomic mass is 31.2. The molecule has 1 heterocycles. The van der Waals surface area contributed by atoms with E-state index in [1.54, 1.807) is 30.6 Å². The molecular formula is C21H23FN3O5P. The number of nitrogens with one attached hydrogen (secondary N) is 1. The molecule has 3 rings (SSSR count). The summed E-state index contributed by atoms with van der Waals surface area (Å²) in [5.41, 5.74) is 1.94. The SMILES string of the molecule is CCC[C@H](Nc1cncc(-c2ccc(OP(=O)(O)O)c(OC)c2)n1)c1cccc(F)c1. The summed E-state index contributed by atoms with van der Waals surface area (Å²) in [5, 5.41) is 3.31. The molecule has 0 unspecified atom stereocenters. The molecule has 0 amide bonds. The number of rotatable bonds is 9. The van der Waals surface area contributed by atoms with Gasteiger partial charge >= 0.3 is 7.82 Å². The molecule has 0 spiro atoms. The summed E-state index contributed by atoms with van der Waals surface area (Å²) in [6.45, 7) is 2.05. The summed E-state index contributed by atoms with van der Waals surface area (Å²) < 4.78 is 34.6. The zero-order valence-corrected chi connectivity index (χ0v) is 17.9. The van der Waals surface area contributed by atoms with Gasteiger partial charge in [-0.1, -0.05) is 25.5 Å². The monoisotopic (exact) mass is 447 g/mol. The zero-order chi connectivity index (χ0) is 22.4. The Morgan fingerprint density at radius 2 is 1.97 bits per heavy atom. The summed E-state index contributed by atoms with van der Waals surface area (Å²) >= 11 is 0. The quantitative estimate of drug-likeness (QED) is 0.404. The number of phosphoric acid groups is 1. The molecule has 164 valence electrons. The molecule has 8 nitrogen and oxygen atoms in total. The van der Waals surface area contributed by atoms with E-state index in [0.717, 1.165) is 18.4 Å². The molecule has 0 fully saturated rings. The van der Waals surface area contributed by atoms with Crippen molar-refractivity contribution in [3.05, 3.63) is 66.2 Å². The first-order valence-corrected chi connectivity index (χ1v) is 11.1. The van der Waals surface area contributed by atoms with Crippen LogP contribution in [0.1, 0.15) is 31.4 Å². The van der Waals surface area contributed by atoms with Gasteiger partial charge in [-0.05, 0) is 42.3 Å². The van der Waals surface area contributed by atoms with Crippen LogP contribution in [0.5, 0.6) is 11.5 Å². The second-order valence-corrected chi connectivity index (χ2v) is 7.94. The van der Waals surface area contributed by atoms with Gasteiger partial charge < -0.3 is 14.6 Å². The van der Waals surface area contributed by atoms with Crippen molar-refractivity contribution in [2.45, 2.75) is 25.8 Å². The highest BCUT2D eigenvalue weighted by Gasteiger charge is 2.20. The first-order valence-electron chi connectivity index (χ1n) is 9.56. The number of phosphoric ester groups is 1. The third kappa shape index (κ3) is 6.24. The van der Waals surface area contributed by atoms with Crippen molar-refractivity contribution in [1.82, 2.24) is 9.97 Å². The van der Waals surface area contributed by atoms with Crippen LogP contribution >= 0.6 is 7.82 Å². The van der Waals surface area contributed by atoms with Crippen LogP contribution in [0.4, 0.5) is 10.2 Å². The Kier molecular flexibility index (Phi) is 7.22. The number of hydrogen-bond acceptors (Lipinski definition) is 6. The van der Waals surface area contributed by atoms with Gasteiger partial charge in [-0.2, -0.15) is 0 Å². The Bertz CT molecular complexity index is 1090. The number of benzene rings is 2. The van der Waals surface area contributed by atoms with E-state index >= 15 is 0 Å². The molecule has 0 aliphatic rings. The van der Waals surface area contributed by atoms with Gasteiger partial charge in [0.2, 0.25) is 0 Å². The summed E-state index contributed by atoms with van der Waals surface area (Å²) in [6, 6.07) is 10.8. The summed E-state index contributed by atoms with van der Waals surface area (Å²) in [4.78, 5) is 26.9. The highest BCUT2D eigenvalue weighted by molar-refractivity contribution is 7.46. The van der Waals surface area contributed by atoms with Gasteiger partial charge in [-0.3, -0.25) is 14.8 Å². The molecule has 31 heavy (non-hydrogen) atoms. The van der Waals surface area contributed by atoms with Gasteiger partial charge in [0, 0.05) is 5.56 Å². The highest BCUT2D eigenvalue weighted by Crippen LogP contribution is 2.43. The Balaban J connectivity index is 1.88. The molecule has 2 aromatic carbocycles. The fourth-order valence-corrected chi connectivity index (χ4v) is 3.52. The molecule has 3 aromatic rings. The smallest absolute Gasteiger partial charge is 0.493 e. The lowest BCUT2D eigenvalue weighted by atomic mass is 10.0. The minimum atomic E-state index is -4.72. The maximum absolute atomic E-state index is 13.7. The van der Waals surface area contributed by atoms with Crippen LogP contribution in [0.15, 0.2) is 54.9 Å². The van der Waals surface area contributed by atoms with Crippen LogP contribution in [0.3, 0.4) is 0 Å². The second-order valence-electron chi connectivity index (χ2n) is 6.78. The average molecular weight is 447 g/mol. The van der Waals surface area contributed by atoms with E-state index < -0.39 is 7.82 Å². The third-order valence-corrected chi connectivity index (χ3v) is 4.90. The zero-order valence-electron chi connectivity index (χ0n) is 17.0. The van der Waals surface area contributed by atoms with Gasteiger partial charge in [0.1, 0.15) is 11.6 Å². The van der Waals surface area contributed by atoms with E-state index in [-0.39, 0.29) is 23.4 Å². The number of halogens is 1. The van der Waals surface area contributed by atoms with Crippen LogP contribution < -0.4 is 14.6 Å². The fourth-order valence-electron chi connectivity index (χ4n) is 3.12. The third-order valence-electron chi connectivity index (χ3n) is 4.46. The first kappa shape index (κ1) is 22.7. The molecule has 0 aliphatic carbocycles. The molecule has 0 radical (unpaired) electrons. The number of methoxy groups -OCH3 is 1. The van der Waals surface area contributed by atoms with Crippen LogP contribution in [0, 0.1) is 5.82 Å². The fraction of sp³-hybridized carbons (Fsp3) is 0.238. The van der Waals surface area contributed by atoms with E-state index in [0.29, 0.717) is 17.1 Å². The lowest BCUT2D eigenvalue weighted by molar-refractivity contribution is 0.276. The van der Waals surface area contributed by atoms with Crippen LogP contribution in [0.25, 0.3) is 11.3 Å². The molecule has 3 N–H and O–H groups in total. The van der Waals surface area contributed by atoms with E-state index in [2.05, 4.69) is 19.8 Å². The van der Waals surface area contributed by atoms with Gasteiger partial charge in [0.15, 0.2) is 11.5 Å². The van der Waals surface area contributed by atoms with Crippen molar-refractivity contribution < 1.29 is 28.0 Å². The largest absolute Gasteiger partial charge is 0.524 e. The van der Waals surface area contributed by atoms with Gasteiger partial charge in [-0.25, -0.2) is 13.9 Å². The lowest BCUT2D eigenvalue weighted by Crippen LogP contribution is -2.12. The minimum Gasteiger partial charge on any atom is -0.493 e.